The number of carboxylic acid groups (broad SMARTS) is 1. The molecule has 3 N–H and O–H groups in total. The second-order valence-electron chi connectivity index (χ2n) is 9.98. The average Bonchev–Trinajstić information content (AvgIpc) is 2.78. The molecule has 34 heavy (non-hydrogen) atoms. The summed E-state index contributed by atoms with van der Waals surface area (Å²) < 4.78 is 11.4. The fourth-order valence-electron chi connectivity index (χ4n) is 5.14. The van der Waals surface area contributed by atoms with Gasteiger partial charge in [0.05, 0.1) is 31.4 Å². The number of carbonyl (C=O) groups excluding carboxylic acids is 1. The van der Waals surface area contributed by atoms with Gasteiger partial charge >= 0.3 is 12.0 Å². The van der Waals surface area contributed by atoms with Crippen LogP contribution >= 0.6 is 0 Å². The van der Waals surface area contributed by atoms with Gasteiger partial charge < -0.3 is 30.1 Å². The third kappa shape index (κ3) is 6.18. The number of rotatable bonds is 9. The van der Waals surface area contributed by atoms with Gasteiger partial charge in [-0.1, -0.05) is 6.07 Å². The SMILES string of the molecule is C[C@@H]1COC[C@H](C)N1C(=O)N[C@@H](CCOC1CC(CCc2ccc3c(n2)NCCC3)C1)C(=O)O. The summed E-state index contributed by atoms with van der Waals surface area (Å²) in [6.07, 6.45) is 6.76. The molecule has 4 rings (SSSR count). The van der Waals surface area contributed by atoms with Crippen LogP contribution in [0.25, 0.3) is 0 Å². The van der Waals surface area contributed by atoms with E-state index in [-0.39, 0.29) is 30.6 Å². The number of pyridine rings is 1. The highest BCUT2D eigenvalue weighted by Crippen LogP contribution is 2.34. The lowest BCUT2D eigenvalue weighted by molar-refractivity contribution is -0.140. The fraction of sp³-hybridized carbons (Fsp3) is 0.720. The van der Waals surface area contributed by atoms with Crippen LogP contribution in [-0.2, 0) is 27.1 Å². The Morgan fingerprint density at radius 3 is 2.79 bits per heavy atom. The van der Waals surface area contributed by atoms with Gasteiger partial charge in [-0.25, -0.2) is 14.6 Å². The molecular formula is C25H38N4O5. The molecule has 1 aliphatic carbocycles. The molecule has 0 bridgehead atoms. The second-order valence-corrected chi connectivity index (χ2v) is 9.98. The molecule has 1 saturated heterocycles. The maximum Gasteiger partial charge on any atom is 0.326 e. The topological polar surface area (TPSA) is 113 Å². The maximum absolute atomic E-state index is 12.7. The molecule has 0 unspecified atom stereocenters. The third-order valence-electron chi connectivity index (χ3n) is 7.21. The molecule has 3 heterocycles. The number of fused-ring (bicyclic) bond motifs is 1. The van der Waals surface area contributed by atoms with Gasteiger partial charge in [0.2, 0.25) is 0 Å². The summed E-state index contributed by atoms with van der Waals surface area (Å²) in [5, 5.41) is 15.6. The molecule has 2 fully saturated rings. The maximum atomic E-state index is 12.7. The number of morpholine rings is 1. The summed E-state index contributed by atoms with van der Waals surface area (Å²) in [5.74, 6) is 0.635. The molecule has 2 amide bonds. The first-order valence-corrected chi connectivity index (χ1v) is 12.6. The van der Waals surface area contributed by atoms with Gasteiger partial charge in [-0.2, -0.15) is 0 Å². The molecule has 188 valence electrons. The molecule has 0 radical (unpaired) electrons. The zero-order chi connectivity index (χ0) is 24.1. The standard InChI is InChI=1S/C25H38N4O5/c1-16-14-33-15-17(2)29(16)25(32)28-22(24(30)31)9-11-34-21-12-18(13-21)5-7-20-8-6-19-4-3-10-26-23(19)27-20/h6,8,16-18,21-22H,3-5,7,9-15H2,1-2H3,(H,26,27)(H,28,32)(H,30,31)/t16-,17+,18?,21?,22-/m0/s1. The van der Waals surface area contributed by atoms with Crippen molar-refractivity contribution in [3.05, 3.63) is 23.4 Å². The number of hydrogen-bond donors (Lipinski definition) is 3. The first kappa shape index (κ1) is 24.7. The lowest BCUT2D eigenvalue weighted by Crippen LogP contribution is -2.58. The molecule has 3 atom stereocenters. The highest BCUT2D eigenvalue weighted by Gasteiger charge is 2.33. The smallest absolute Gasteiger partial charge is 0.326 e. The zero-order valence-electron chi connectivity index (χ0n) is 20.3. The van der Waals surface area contributed by atoms with Crippen molar-refractivity contribution in [1.29, 1.82) is 0 Å². The van der Waals surface area contributed by atoms with Crippen molar-refractivity contribution in [3.63, 3.8) is 0 Å². The van der Waals surface area contributed by atoms with E-state index in [1.54, 1.807) is 4.90 Å². The number of amides is 2. The van der Waals surface area contributed by atoms with Crippen molar-refractivity contribution in [3.8, 4) is 0 Å². The fourth-order valence-corrected chi connectivity index (χ4v) is 5.14. The minimum atomic E-state index is -1.04. The monoisotopic (exact) mass is 474 g/mol. The van der Waals surface area contributed by atoms with Crippen LogP contribution in [0.5, 0.6) is 0 Å². The number of nitrogens with one attached hydrogen (secondary N) is 2. The molecule has 2 aliphatic heterocycles. The van der Waals surface area contributed by atoms with Crippen LogP contribution in [0.4, 0.5) is 10.6 Å². The molecular weight excluding hydrogens is 436 g/mol. The van der Waals surface area contributed by atoms with Crippen molar-refractivity contribution >= 4 is 17.8 Å². The Bertz CT molecular complexity index is 850. The summed E-state index contributed by atoms with van der Waals surface area (Å²) in [4.78, 5) is 30.8. The normalized spacial score (nSPS) is 27.2. The van der Waals surface area contributed by atoms with Gasteiger partial charge in [-0.15, -0.1) is 0 Å². The number of aromatic nitrogens is 1. The van der Waals surface area contributed by atoms with E-state index >= 15 is 0 Å². The minimum absolute atomic E-state index is 0.0888. The molecule has 3 aliphatic rings. The highest BCUT2D eigenvalue weighted by molar-refractivity contribution is 5.83. The van der Waals surface area contributed by atoms with Crippen LogP contribution in [0.2, 0.25) is 0 Å². The molecule has 1 saturated carbocycles. The Morgan fingerprint density at radius 2 is 2.06 bits per heavy atom. The van der Waals surface area contributed by atoms with E-state index in [4.69, 9.17) is 14.5 Å². The van der Waals surface area contributed by atoms with Crippen molar-refractivity contribution in [2.45, 2.75) is 83.0 Å². The highest BCUT2D eigenvalue weighted by atomic mass is 16.5. The minimum Gasteiger partial charge on any atom is -0.480 e. The number of urea groups is 1. The molecule has 9 nitrogen and oxygen atoms in total. The van der Waals surface area contributed by atoms with E-state index in [1.165, 1.54) is 12.0 Å². The van der Waals surface area contributed by atoms with Crippen LogP contribution in [0, 0.1) is 5.92 Å². The van der Waals surface area contributed by atoms with E-state index in [0.717, 1.165) is 50.2 Å². The third-order valence-corrected chi connectivity index (χ3v) is 7.21. The summed E-state index contributed by atoms with van der Waals surface area (Å²) in [5.41, 5.74) is 2.46. The second kappa shape index (κ2) is 11.4. The first-order chi connectivity index (χ1) is 16.4. The number of aryl methyl sites for hydroxylation is 2. The van der Waals surface area contributed by atoms with Crippen LogP contribution in [-0.4, -0.2) is 77.6 Å². The molecule has 0 aromatic carbocycles. The van der Waals surface area contributed by atoms with Gasteiger partial charge in [0, 0.05) is 25.3 Å². The van der Waals surface area contributed by atoms with Gasteiger partial charge in [-0.3, -0.25) is 0 Å². The summed E-state index contributed by atoms with van der Waals surface area (Å²) in [7, 11) is 0. The number of anilines is 1. The van der Waals surface area contributed by atoms with E-state index in [2.05, 4.69) is 22.8 Å². The van der Waals surface area contributed by atoms with E-state index in [1.807, 2.05) is 13.8 Å². The van der Waals surface area contributed by atoms with Crippen molar-refractivity contribution in [2.24, 2.45) is 5.92 Å². The predicted octanol–water partition coefficient (Wildman–Crippen LogP) is 2.83. The van der Waals surface area contributed by atoms with Crippen LogP contribution in [0.1, 0.15) is 57.2 Å². The van der Waals surface area contributed by atoms with Gasteiger partial charge in [-0.05, 0) is 69.9 Å². The van der Waals surface area contributed by atoms with Crippen LogP contribution < -0.4 is 10.6 Å². The Labute approximate surface area is 201 Å². The number of aliphatic carboxylic acids is 1. The number of ether oxygens (including phenoxy) is 2. The van der Waals surface area contributed by atoms with E-state index in [0.29, 0.717) is 25.7 Å². The lowest BCUT2D eigenvalue weighted by Gasteiger charge is -2.39. The zero-order valence-corrected chi connectivity index (χ0v) is 20.3. The number of hydrogen-bond acceptors (Lipinski definition) is 6. The number of carboxylic acids is 1. The molecule has 0 spiro atoms. The number of nitrogens with zero attached hydrogens (tertiary/aromatic N) is 2. The van der Waals surface area contributed by atoms with Crippen molar-refractivity contribution in [2.75, 3.05) is 31.7 Å². The average molecular weight is 475 g/mol. The van der Waals surface area contributed by atoms with Gasteiger partial charge in [0.15, 0.2) is 0 Å². The Balaban J connectivity index is 1.14. The van der Waals surface area contributed by atoms with E-state index in [9.17, 15) is 14.7 Å². The predicted molar refractivity (Wildman–Crippen MR) is 128 cm³/mol. The number of carbonyl (C=O) groups is 2. The molecule has 1 aromatic heterocycles. The summed E-state index contributed by atoms with van der Waals surface area (Å²) in [6.45, 7) is 6.05. The van der Waals surface area contributed by atoms with Gasteiger partial charge in [0.25, 0.3) is 0 Å². The Kier molecular flexibility index (Phi) is 8.26. The Hall–Kier alpha value is -2.39. The summed E-state index contributed by atoms with van der Waals surface area (Å²) in [6, 6.07) is 2.86. The molecule has 9 heteroatoms. The lowest BCUT2D eigenvalue weighted by atomic mass is 9.79. The van der Waals surface area contributed by atoms with Crippen molar-refractivity contribution < 1.29 is 24.2 Å². The van der Waals surface area contributed by atoms with Crippen molar-refractivity contribution in [1.82, 2.24) is 15.2 Å². The quantitative estimate of drug-likeness (QED) is 0.504. The first-order valence-electron chi connectivity index (χ1n) is 12.6. The summed E-state index contributed by atoms with van der Waals surface area (Å²) >= 11 is 0. The molecule has 1 aromatic rings. The largest absolute Gasteiger partial charge is 0.480 e. The van der Waals surface area contributed by atoms with Gasteiger partial charge in [0.1, 0.15) is 11.9 Å². The van der Waals surface area contributed by atoms with Crippen LogP contribution in [0.3, 0.4) is 0 Å². The van der Waals surface area contributed by atoms with E-state index < -0.39 is 12.0 Å². The van der Waals surface area contributed by atoms with Crippen LogP contribution in [0.15, 0.2) is 12.1 Å². The Morgan fingerprint density at radius 1 is 1.29 bits per heavy atom.